The maximum absolute atomic E-state index is 6.33. The molecule has 0 radical (unpaired) electrons. The molecular formula is C28H38N2O. The first-order valence-corrected chi connectivity index (χ1v) is 11.6. The summed E-state index contributed by atoms with van der Waals surface area (Å²) in [6.07, 6.45) is 5.39. The van der Waals surface area contributed by atoms with Crippen molar-refractivity contribution in [1.29, 1.82) is 0 Å². The third-order valence-electron chi connectivity index (χ3n) is 5.42. The quantitative estimate of drug-likeness (QED) is 0.349. The molecule has 0 aromatic heterocycles. The average molecular weight is 419 g/mol. The molecule has 0 saturated heterocycles. The average Bonchev–Trinajstić information content (AvgIpc) is 3.53. The first kappa shape index (κ1) is 23.1. The van der Waals surface area contributed by atoms with Crippen molar-refractivity contribution in [3.05, 3.63) is 76.7 Å². The zero-order valence-corrected chi connectivity index (χ0v) is 20.1. The maximum atomic E-state index is 6.33. The fraction of sp³-hybridized carbons (Fsp3) is 0.464. The number of para-hydroxylation sites is 1. The predicted octanol–water partition coefficient (Wildman–Crippen LogP) is 7.06. The minimum atomic E-state index is -0.232. The molecule has 0 heterocycles. The van der Waals surface area contributed by atoms with Gasteiger partial charge in [-0.25, -0.2) is 0 Å². The number of rotatable bonds is 9. The van der Waals surface area contributed by atoms with Gasteiger partial charge in [-0.2, -0.15) is 0 Å². The monoisotopic (exact) mass is 418 g/mol. The Morgan fingerprint density at radius 2 is 1.77 bits per heavy atom. The van der Waals surface area contributed by atoms with E-state index in [0.29, 0.717) is 0 Å². The van der Waals surface area contributed by atoms with E-state index in [-0.39, 0.29) is 11.6 Å². The molecule has 0 spiro atoms. The summed E-state index contributed by atoms with van der Waals surface area (Å²) < 4.78 is 6.33. The summed E-state index contributed by atoms with van der Waals surface area (Å²) in [6.45, 7) is 12.8. The van der Waals surface area contributed by atoms with Crippen LogP contribution in [0.3, 0.4) is 0 Å². The summed E-state index contributed by atoms with van der Waals surface area (Å²) >= 11 is 0. The SMILES string of the molecule is CCCc1cccc(CC(NC(OC(C)(C)C)=C2CC2)C(C)=Nc2ccccc2C)c1. The second-order valence-corrected chi connectivity index (χ2v) is 9.66. The van der Waals surface area contributed by atoms with Gasteiger partial charge in [-0.3, -0.25) is 4.99 Å². The van der Waals surface area contributed by atoms with E-state index in [0.717, 1.165) is 49.4 Å². The Kier molecular flexibility index (Phi) is 7.59. The van der Waals surface area contributed by atoms with Crippen molar-refractivity contribution >= 4 is 11.4 Å². The summed E-state index contributed by atoms with van der Waals surface area (Å²) in [5.41, 5.74) is 7.18. The standard InChI is InChI=1S/C28H38N2O/c1-7-11-22-13-10-14-23(18-22)19-26(21(3)29-25-15-9-8-12-20(25)2)30-27(24-16-17-24)31-28(4,5)6/h8-10,12-15,18,26,30H,7,11,16-17,19H2,1-6H3. The van der Waals surface area contributed by atoms with Crippen molar-refractivity contribution in [2.75, 3.05) is 0 Å². The zero-order chi connectivity index (χ0) is 22.4. The van der Waals surface area contributed by atoms with Crippen LogP contribution in [0.5, 0.6) is 0 Å². The van der Waals surface area contributed by atoms with Gasteiger partial charge in [-0.15, -0.1) is 0 Å². The molecule has 0 aliphatic heterocycles. The Labute approximate surface area is 188 Å². The maximum Gasteiger partial charge on any atom is 0.186 e. The molecule has 3 nitrogen and oxygen atoms in total. The van der Waals surface area contributed by atoms with Gasteiger partial charge in [-0.1, -0.05) is 55.8 Å². The smallest absolute Gasteiger partial charge is 0.186 e. The van der Waals surface area contributed by atoms with Gasteiger partial charge in [-0.05, 0) is 88.6 Å². The van der Waals surface area contributed by atoms with Crippen LogP contribution in [-0.4, -0.2) is 17.4 Å². The minimum Gasteiger partial charge on any atom is -0.474 e. The lowest BCUT2D eigenvalue weighted by molar-refractivity contribution is 0.0382. The molecule has 3 heteroatoms. The van der Waals surface area contributed by atoms with Crippen molar-refractivity contribution in [2.45, 2.75) is 85.3 Å². The van der Waals surface area contributed by atoms with E-state index in [1.165, 1.54) is 22.3 Å². The van der Waals surface area contributed by atoms with Crippen LogP contribution in [0.25, 0.3) is 0 Å². The number of ether oxygens (including phenoxy) is 1. The Balaban J connectivity index is 1.90. The van der Waals surface area contributed by atoms with Gasteiger partial charge in [0.2, 0.25) is 0 Å². The van der Waals surface area contributed by atoms with Crippen molar-refractivity contribution < 1.29 is 4.74 Å². The topological polar surface area (TPSA) is 33.6 Å². The first-order valence-electron chi connectivity index (χ1n) is 11.6. The molecule has 0 bridgehead atoms. The van der Waals surface area contributed by atoms with Crippen molar-refractivity contribution in [1.82, 2.24) is 5.32 Å². The molecule has 1 N–H and O–H groups in total. The molecule has 1 aliphatic rings. The van der Waals surface area contributed by atoms with Gasteiger partial charge < -0.3 is 10.1 Å². The van der Waals surface area contributed by atoms with E-state index in [2.05, 4.69) is 95.4 Å². The van der Waals surface area contributed by atoms with Crippen LogP contribution in [-0.2, 0) is 17.6 Å². The van der Waals surface area contributed by atoms with Gasteiger partial charge in [0.1, 0.15) is 5.60 Å². The van der Waals surface area contributed by atoms with Crippen LogP contribution < -0.4 is 5.32 Å². The van der Waals surface area contributed by atoms with Gasteiger partial charge >= 0.3 is 0 Å². The molecule has 1 aliphatic carbocycles. The van der Waals surface area contributed by atoms with Crippen LogP contribution in [0.15, 0.2) is 65.0 Å². The second-order valence-electron chi connectivity index (χ2n) is 9.66. The molecular weight excluding hydrogens is 380 g/mol. The highest BCUT2D eigenvalue weighted by Crippen LogP contribution is 2.33. The summed E-state index contributed by atoms with van der Waals surface area (Å²) in [6, 6.07) is 17.4. The number of nitrogens with zero attached hydrogens (tertiary/aromatic N) is 1. The van der Waals surface area contributed by atoms with Crippen molar-refractivity contribution in [2.24, 2.45) is 4.99 Å². The first-order chi connectivity index (χ1) is 14.7. The molecule has 166 valence electrons. The zero-order valence-electron chi connectivity index (χ0n) is 20.1. The van der Waals surface area contributed by atoms with Crippen molar-refractivity contribution in [3.63, 3.8) is 0 Å². The summed E-state index contributed by atoms with van der Waals surface area (Å²) in [4.78, 5) is 5.02. The largest absolute Gasteiger partial charge is 0.474 e. The van der Waals surface area contributed by atoms with Gasteiger partial charge in [0.15, 0.2) is 5.88 Å². The van der Waals surface area contributed by atoms with E-state index in [4.69, 9.17) is 9.73 Å². The van der Waals surface area contributed by atoms with Crippen LogP contribution in [0.4, 0.5) is 5.69 Å². The minimum absolute atomic E-state index is 0.0712. The number of allylic oxidation sites excluding steroid dienone is 1. The van der Waals surface area contributed by atoms with Gasteiger partial charge in [0, 0.05) is 5.71 Å². The third-order valence-corrected chi connectivity index (χ3v) is 5.42. The Hall–Kier alpha value is -2.55. The van der Waals surface area contributed by atoms with E-state index >= 15 is 0 Å². The van der Waals surface area contributed by atoms with Crippen LogP contribution in [0.2, 0.25) is 0 Å². The van der Waals surface area contributed by atoms with E-state index in [9.17, 15) is 0 Å². The predicted molar refractivity (Wildman–Crippen MR) is 132 cm³/mol. The summed E-state index contributed by atoms with van der Waals surface area (Å²) in [5.74, 6) is 0.946. The highest BCUT2D eigenvalue weighted by atomic mass is 16.5. The highest BCUT2D eigenvalue weighted by Gasteiger charge is 2.26. The van der Waals surface area contributed by atoms with E-state index in [1.54, 1.807) is 0 Å². The Morgan fingerprint density at radius 3 is 2.42 bits per heavy atom. The highest BCUT2D eigenvalue weighted by molar-refractivity contribution is 5.90. The van der Waals surface area contributed by atoms with Crippen molar-refractivity contribution in [3.8, 4) is 0 Å². The lowest BCUT2D eigenvalue weighted by Crippen LogP contribution is -2.39. The van der Waals surface area contributed by atoms with Crippen LogP contribution in [0, 0.1) is 6.92 Å². The lowest BCUT2D eigenvalue weighted by Gasteiger charge is -2.28. The van der Waals surface area contributed by atoms with Crippen LogP contribution in [0.1, 0.15) is 70.6 Å². The van der Waals surface area contributed by atoms with Crippen LogP contribution >= 0.6 is 0 Å². The fourth-order valence-electron chi connectivity index (χ4n) is 3.65. The normalized spacial score (nSPS) is 14.9. The fourth-order valence-corrected chi connectivity index (χ4v) is 3.65. The number of benzene rings is 2. The number of aryl methyl sites for hydroxylation is 2. The third kappa shape index (κ3) is 7.27. The van der Waals surface area contributed by atoms with E-state index in [1.807, 2.05) is 0 Å². The molecule has 1 fully saturated rings. The summed E-state index contributed by atoms with van der Waals surface area (Å²) in [5, 5.41) is 3.74. The molecule has 0 amide bonds. The van der Waals surface area contributed by atoms with Gasteiger partial charge in [0.05, 0.1) is 11.7 Å². The number of hydrogen-bond donors (Lipinski definition) is 1. The molecule has 1 saturated carbocycles. The Morgan fingerprint density at radius 1 is 1.06 bits per heavy atom. The molecule has 31 heavy (non-hydrogen) atoms. The Bertz CT molecular complexity index is 943. The van der Waals surface area contributed by atoms with E-state index < -0.39 is 0 Å². The van der Waals surface area contributed by atoms with Gasteiger partial charge in [0.25, 0.3) is 0 Å². The molecule has 2 aromatic carbocycles. The summed E-state index contributed by atoms with van der Waals surface area (Å²) in [7, 11) is 0. The number of hydrogen-bond acceptors (Lipinski definition) is 3. The molecule has 1 atom stereocenters. The molecule has 1 unspecified atom stereocenters. The second kappa shape index (κ2) is 10.2. The number of aliphatic imine (C=N–C) groups is 1. The molecule has 3 rings (SSSR count). The number of nitrogens with one attached hydrogen (secondary N) is 1. The lowest BCUT2D eigenvalue weighted by atomic mass is 9.99. The molecule has 2 aromatic rings.